The van der Waals surface area contributed by atoms with Crippen LogP contribution in [0.25, 0.3) is 5.69 Å². The standard InChI is InChI=1S/C15H17N3O2/c1-5-14-11(2)18(12(3)16-14)13-6-7-17(8-9-20-4)15(19)10-13/h1,6-7,10H,8-9H2,2-4H3. The summed E-state index contributed by atoms with van der Waals surface area (Å²) < 4.78 is 8.47. The summed E-state index contributed by atoms with van der Waals surface area (Å²) in [6.45, 7) is 4.80. The highest BCUT2D eigenvalue weighted by Gasteiger charge is 2.11. The zero-order valence-electron chi connectivity index (χ0n) is 11.9. The monoisotopic (exact) mass is 271 g/mol. The zero-order chi connectivity index (χ0) is 14.7. The van der Waals surface area contributed by atoms with Crippen molar-refractivity contribution in [2.45, 2.75) is 20.4 Å². The first-order valence-electron chi connectivity index (χ1n) is 6.31. The summed E-state index contributed by atoms with van der Waals surface area (Å²) in [7, 11) is 1.61. The first kappa shape index (κ1) is 14.1. The number of imidazole rings is 1. The van der Waals surface area contributed by atoms with Crippen LogP contribution in [0.2, 0.25) is 0 Å². The first-order chi connectivity index (χ1) is 9.58. The number of aryl methyl sites for hydroxylation is 1. The molecule has 20 heavy (non-hydrogen) atoms. The Labute approximate surface area is 117 Å². The number of methoxy groups -OCH3 is 1. The van der Waals surface area contributed by atoms with Gasteiger partial charge >= 0.3 is 0 Å². The summed E-state index contributed by atoms with van der Waals surface area (Å²) in [5, 5.41) is 0. The van der Waals surface area contributed by atoms with Crippen LogP contribution in [-0.2, 0) is 11.3 Å². The molecule has 0 N–H and O–H groups in total. The lowest BCUT2D eigenvalue weighted by Crippen LogP contribution is -2.21. The number of rotatable bonds is 4. The molecule has 2 aromatic rings. The number of hydrogen-bond acceptors (Lipinski definition) is 3. The third-order valence-corrected chi connectivity index (χ3v) is 3.19. The molecular formula is C15H17N3O2. The van der Waals surface area contributed by atoms with E-state index in [-0.39, 0.29) is 5.56 Å². The molecule has 5 heteroatoms. The normalized spacial score (nSPS) is 10.5. The summed E-state index contributed by atoms with van der Waals surface area (Å²) in [6, 6.07) is 3.46. The van der Waals surface area contributed by atoms with Crippen molar-refractivity contribution in [3.8, 4) is 18.0 Å². The van der Waals surface area contributed by atoms with Gasteiger partial charge in [-0.1, -0.05) is 0 Å². The van der Waals surface area contributed by atoms with Crippen LogP contribution in [-0.4, -0.2) is 27.8 Å². The number of hydrogen-bond donors (Lipinski definition) is 0. The smallest absolute Gasteiger partial charge is 0.252 e. The second-order valence-corrected chi connectivity index (χ2v) is 4.48. The Balaban J connectivity index is 2.45. The highest BCUT2D eigenvalue weighted by Crippen LogP contribution is 2.15. The van der Waals surface area contributed by atoms with Crippen molar-refractivity contribution in [2.24, 2.45) is 0 Å². The van der Waals surface area contributed by atoms with Crippen LogP contribution >= 0.6 is 0 Å². The molecule has 0 radical (unpaired) electrons. The van der Waals surface area contributed by atoms with Gasteiger partial charge in [-0.3, -0.25) is 9.36 Å². The van der Waals surface area contributed by atoms with Crippen LogP contribution in [0.15, 0.2) is 23.1 Å². The molecule has 0 bridgehead atoms. The van der Waals surface area contributed by atoms with E-state index in [0.29, 0.717) is 18.8 Å². The van der Waals surface area contributed by atoms with Gasteiger partial charge in [0.1, 0.15) is 11.5 Å². The fraction of sp³-hybridized carbons (Fsp3) is 0.333. The van der Waals surface area contributed by atoms with E-state index in [4.69, 9.17) is 11.2 Å². The Hall–Kier alpha value is -2.32. The minimum atomic E-state index is -0.0747. The third kappa shape index (κ3) is 2.51. The van der Waals surface area contributed by atoms with Crippen molar-refractivity contribution in [3.05, 3.63) is 45.9 Å². The van der Waals surface area contributed by atoms with Crippen LogP contribution in [0, 0.1) is 26.2 Å². The molecular weight excluding hydrogens is 254 g/mol. The van der Waals surface area contributed by atoms with Gasteiger partial charge < -0.3 is 9.30 Å². The molecule has 0 atom stereocenters. The number of terminal acetylenes is 1. The van der Waals surface area contributed by atoms with Crippen LogP contribution in [0.4, 0.5) is 0 Å². The predicted molar refractivity (Wildman–Crippen MR) is 77.1 cm³/mol. The molecule has 2 aromatic heterocycles. The highest BCUT2D eigenvalue weighted by molar-refractivity contribution is 5.40. The van der Waals surface area contributed by atoms with E-state index >= 15 is 0 Å². The van der Waals surface area contributed by atoms with Gasteiger partial charge in [0.05, 0.1) is 18.0 Å². The van der Waals surface area contributed by atoms with Crippen LogP contribution in [0.5, 0.6) is 0 Å². The molecule has 104 valence electrons. The Kier molecular flexibility index (Phi) is 4.06. The second kappa shape index (κ2) is 5.76. The Bertz CT molecular complexity index is 720. The van der Waals surface area contributed by atoms with Crippen LogP contribution in [0.3, 0.4) is 0 Å². The summed E-state index contributed by atoms with van der Waals surface area (Å²) >= 11 is 0. The maximum Gasteiger partial charge on any atom is 0.252 e. The zero-order valence-corrected chi connectivity index (χ0v) is 11.9. The van der Waals surface area contributed by atoms with E-state index < -0.39 is 0 Å². The van der Waals surface area contributed by atoms with Gasteiger partial charge in [0.25, 0.3) is 5.56 Å². The Morgan fingerprint density at radius 1 is 1.45 bits per heavy atom. The van der Waals surface area contributed by atoms with Gasteiger partial charge in [0, 0.05) is 25.9 Å². The maximum atomic E-state index is 12.1. The van der Waals surface area contributed by atoms with Gasteiger partial charge in [0.15, 0.2) is 0 Å². The van der Waals surface area contributed by atoms with Crippen molar-refractivity contribution >= 4 is 0 Å². The van der Waals surface area contributed by atoms with Crippen molar-refractivity contribution in [2.75, 3.05) is 13.7 Å². The SMILES string of the molecule is C#Cc1nc(C)n(-c2ccn(CCOC)c(=O)c2)c1C. The Morgan fingerprint density at radius 2 is 2.20 bits per heavy atom. The molecule has 2 heterocycles. The van der Waals surface area contributed by atoms with Crippen molar-refractivity contribution in [1.82, 2.24) is 14.1 Å². The molecule has 0 aromatic carbocycles. The van der Waals surface area contributed by atoms with E-state index in [9.17, 15) is 4.79 Å². The quantitative estimate of drug-likeness (QED) is 0.787. The average Bonchev–Trinajstić information content (AvgIpc) is 2.72. The summed E-state index contributed by atoms with van der Waals surface area (Å²) in [5.41, 5.74) is 2.16. The molecule has 0 aliphatic rings. The lowest BCUT2D eigenvalue weighted by atomic mass is 10.3. The fourth-order valence-corrected chi connectivity index (χ4v) is 2.17. The summed E-state index contributed by atoms with van der Waals surface area (Å²) in [4.78, 5) is 16.4. The first-order valence-corrected chi connectivity index (χ1v) is 6.31. The molecule has 0 aliphatic heterocycles. The fourth-order valence-electron chi connectivity index (χ4n) is 2.17. The van der Waals surface area contributed by atoms with Gasteiger partial charge in [-0.25, -0.2) is 4.98 Å². The Morgan fingerprint density at radius 3 is 2.75 bits per heavy atom. The molecule has 0 unspecified atom stereocenters. The molecule has 0 spiro atoms. The molecule has 0 saturated heterocycles. The van der Waals surface area contributed by atoms with Crippen molar-refractivity contribution in [3.63, 3.8) is 0 Å². The van der Waals surface area contributed by atoms with Crippen LogP contribution in [0.1, 0.15) is 17.2 Å². The lowest BCUT2D eigenvalue weighted by molar-refractivity contribution is 0.186. The maximum absolute atomic E-state index is 12.1. The number of pyridine rings is 1. The lowest BCUT2D eigenvalue weighted by Gasteiger charge is -2.10. The van der Waals surface area contributed by atoms with E-state index in [0.717, 1.165) is 17.2 Å². The van der Waals surface area contributed by atoms with Crippen molar-refractivity contribution < 1.29 is 4.74 Å². The number of ether oxygens (including phenoxy) is 1. The number of aromatic nitrogens is 3. The number of nitrogens with zero attached hydrogens (tertiary/aromatic N) is 3. The molecule has 0 amide bonds. The minimum Gasteiger partial charge on any atom is -0.383 e. The van der Waals surface area contributed by atoms with E-state index in [1.54, 1.807) is 23.9 Å². The molecule has 0 aliphatic carbocycles. The van der Waals surface area contributed by atoms with E-state index in [1.807, 2.05) is 24.5 Å². The van der Waals surface area contributed by atoms with Crippen molar-refractivity contribution in [1.29, 1.82) is 0 Å². The molecule has 5 nitrogen and oxygen atoms in total. The topological polar surface area (TPSA) is 49.0 Å². The van der Waals surface area contributed by atoms with Gasteiger partial charge in [-0.2, -0.15) is 0 Å². The third-order valence-electron chi connectivity index (χ3n) is 3.19. The highest BCUT2D eigenvalue weighted by atomic mass is 16.5. The largest absolute Gasteiger partial charge is 0.383 e. The summed E-state index contributed by atoms with van der Waals surface area (Å²) in [5.74, 6) is 3.32. The minimum absolute atomic E-state index is 0.0747. The van der Waals surface area contributed by atoms with E-state index in [1.165, 1.54) is 0 Å². The molecule has 2 rings (SSSR count). The second-order valence-electron chi connectivity index (χ2n) is 4.48. The van der Waals surface area contributed by atoms with Gasteiger partial charge in [-0.05, 0) is 25.8 Å². The average molecular weight is 271 g/mol. The van der Waals surface area contributed by atoms with Gasteiger partial charge in [-0.15, -0.1) is 6.42 Å². The predicted octanol–water partition coefficient (Wildman–Crippen LogP) is 1.28. The van der Waals surface area contributed by atoms with Crippen LogP contribution < -0.4 is 5.56 Å². The van der Waals surface area contributed by atoms with Gasteiger partial charge in [0.2, 0.25) is 0 Å². The van der Waals surface area contributed by atoms with E-state index in [2.05, 4.69) is 10.9 Å². The molecule has 0 fully saturated rings. The summed E-state index contributed by atoms with van der Waals surface area (Å²) in [6.07, 6.45) is 7.17. The molecule has 0 saturated carbocycles.